The Balaban J connectivity index is 1.57. The number of para-hydroxylation sites is 2. The molecule has 5 aromatic rings. The molecule has 0 aliphatic heterocycles. The molecule has 0 bridgehead atoms. The van der Waals surface area contributed by atoms with E-state index in [1.165, 1.54) is 30.3 Å². The molecule has 0 saturated heterocycles. The van der Waals surface area contributed by atoms with E-state index < -0.39 is 0 Å². The third kappa shape index (κ3) is 3.81. The summed E-state index contributed by atoms with van der Waals surface area (Å²) in [7, 11) is 0. The van der Waals surface area contributed by atoms with Gasteiger partial charge < -0.3 is 4.42 Å². The summed E-state index contributed by atoms with van der Waals surface area (Å²) in [6.45, 7) is 0. The molecule has 5 rings (SSSR count). The molecule has 0 saturated carbocycles. The molecule has 2 aromatic heterocycles. The van der Waals surface area contributed by atoms with Crippen LogP contribution < -0.4 is 0 Å². The van der Waals surface area contributed by atoms with Gasteiger partial charge in [-0.25, -0.2) is 9.07 Å². The standard InChI is InChI=1S/C26H17FN2O2/c27-21-13-10-18(11-14-21)23(30)15-12-20-17-29(22-7-2-1-3-8-22)28-26(20)25-16-19-6-4-5-9-24(19)31-25/h1-17H/b15-12+. The number of allylic oxidation sites excluding steroid dienone is 1. The van der Waals surface area contributed by atoms with Crippen molar-refractivity contribution in [3.8, 4) is 17.1 Å². The lowest BCUT2D eigenvalue weighted by Crippen LogP contribution is -1.93. The van der Waals surface area contributed by atoms with Crippen LogP contribution in [-0.2, 0) is 0 Å². The molecule has 0 spiro atoms. The van der Waals surface area contributed by atoms with Crippen LogP contribution in [0.2, 0.25) is 0 Å². The zero-order valence-electron chi connectivity index (χ0n) is 16.4. The molecule has 0 N–H and O–H groups in total. The number of fused-ring (bicyclic) bond motifs is 1. The van der Waals surface area contributed by atoms with E-state index in [0.717, 1.165) is 22.2 Å². The maximum absolute atomic E-state index is 13.1. The van der Waals surface area contributed by atoms with Crippen LogP contribution in [0.5, 0.6) is 0 Å². The molecule has 0 radical (unpaired) electrons. The number of nitrogens with zero attached hydrogens (tertiary/aromatic N) is 2. The number of benzene rings is 3. The number of halogens is 1. The molecule has 150 valence electrons. The second kappa shape index (κ2) is 7.88. The quantitative estimate of drug-likeness (QED) is 0.252. The second-order valence-corrected chi connectivity index (χ2v) is 7.07. The van der Waals surface area contributed by atoms with Gasteiger partial charge in [-0.2, -0.15) is 5.10 Å². The van der Waals surface area contributed by atoms with Crippen LogP contribution in [0, 0.1) is 5.82 Å². The molecule has 5 heteroatoms. The van der Waals surface area contributed by atoms with Gasteiger partial charge in [-0.15, -0.1) is 0 Å². The van der Waals surface area contributed by atoms with E-state index in [0.29, 0.717) is 17.0 Å². The number of rotatable bonds is 5. The van der Waals surface area contributed by atoms with Gasteiger partial charge in [0.1, 0.15) is 17.1 Å². The third-order valence-corrected chi connectivity index (χ3v) is 4.97. The monoisotopic (exact) mass is 408 g/mol. The summed E-state index contributed by atoms with van der Waals surface area (Å²) >= 11 is 0. The molecule has 0 unspecified atom stereocenters. The summed E-state index contributed by atoms with van der Waals surface area (Å²) in [5, 5.41) is 5.70. The fourth-order valence-electron chi connectivity index (χ4n) is 3.39. The van der Waals surface area contributed by atoms with Gasteiger partial charge in [-0.05, 0) is 60.7 Å². The van der Waals surface area contributed by atoms with E-state index in [1.807, 2.05) is 66.9 Å². The Morgan fingerprint density at radius 1 is 0.935 bits per heavy atom. The van der Waals surface area contributed by atoms with E-state index in [9.17, 15) is 9.18 Å². The van der Waals surface area contributed by atoms with Gasteiger partial charge in [-0.3, -0.25) is 4.79 Å². The van der Waals surface area contributed by atoms with Gasteiger partial charge in [0.2, 0.25) is 0 Å². The first-order valence-corrected chi connectivity index (χ1v) is 9.79. The van der Waals surface area contributed by atoms with E-state index in [-0.39, 0.29) is 11.6 Å². The molecule has 0 fully saturated rings. The Kier molecular flexibility index (Phi) is 4.77. The van der Waals surface area contributed by atoms with Crippen LogP contribution in [0.4, 0.5) is 4.39 Å². The number of furan rings is 1. The van der Waals surface area contributed by atoms with Crippen molar-refractivity contribution in [2.24, 2.45) is 0 Å². The summed E-state index contributed by atoms with van der Waals surface area (Å²) in [5.41, 5.74) is 3.44. The highest BCUT2D eigenvalue weighted by Gasteiger charge is 2.15. The fraction of sp³-hybridized carbons (Fsp3) is 0. The number of hydrogen-bond donors (Lipinski definition) is 0. The Labute approximate surface area is 177 Å². The van der Waals surface area contributed by atoms with Crippen molar-refractivity contribution in [2.45, 2.75) is 0 Å². The summed E-state index contributed by atoms with van der Waals surface area (Å²) in [6, 6.07) is 24.9. The highest BCUT2D eigenvalue weighted by molar-refractivity contribution is 6.07. The first-order chi connectivity index (χ1) is 15.2. The van der Waals surface area contributed by atoms with Gasteiger partial charge in [-0.1, -0.05) is 36.4 Å². The zero-order chi connectivity index (χ0) is 21.2. The van der Waals surface area contributed by atoms with E-state index in [2.05, 4.69) is 0 Å². The Bertz CT molecular complexity index is 1360. The highest BCUT2D eigenvalue weighted by atomic mass is 19.1. The van der Waals surface area contributed by atoms with Gasteiger partial charge in [0.25, 0.3) is 0 Å². The molecule has 0 aliphatic rings. The summed E-state index contributed by atoms with van der Waals surface area (Å²) in [6.07, 6.45) is 5.03. The Hall–Kier alpha value is -4.25. The lowest BCUT2D eigenvalue weighted by molar-refractivity contribution is 0.104. The molecule has 4 nitrogen and oxygen atoms in total. The Morgan fingerprint density at radius 2 is 1.68 bits per heavy atom. The minimum atomic E-state index is -0.378. The summed E-state index contributed by atoms with van der Waals surface area (Å²) in [5.74, 6) is 0.0182. The molecule has 0 amide bonds. The van der Waals surface area contributed by atoms with Gasteiger partial charge >= 0.3 is 0 Å². The number of hydrogen-bond acceptors (Lipinski definition) is 3. The normalized spacial score (nSPS) is 11.4. The molecule has 3 aromatic carbocycles. The van der Waals surface area contributed by atoms with Crippen molar-refractivity contribution < 1.29 is 13.6 Å². The molecule has 0 aliphatic carbocycles. The summed E-state index contributed by atoms with van der Waals surface area (Å²) in [4.78, 5) is 12.5. The lowest BCUT2D eigenvalue weighted by atomic mass is 10.1. The predicted molar refractivity (Wildman–Crippen MR) is 119 cm³/mol. The first-order valence-electron chi connectivity index (χ1n) is 9.79. The average Bonchev–Trinajstić information content (AvgIpc) is 3.42. The predicted octanol–water partition coefficient (Wildman–Crippen LogP) is 6.32. The van der Waals surface area contributed by atoms with Gasteiger partial charge in [0, 0.05) is 22.7 Å². The number of carbonyl (C=O) groups excluding carboxylic acids is 1. The number of aromatic nitrogens is 2. The average molecular weight is 408 g/mol. The maximum Gasteiger partial charge on any atom is 0.185 e. The highest BCUT2D eigenvalue weighted by Crippen LogP contribution is 2.30. The minimum absolute atomic E-state index is 0.219. The maximum atomic E-state index is 13.1. The smallest absolute Gasteiger partial charge is 0.185 e. The molecule has 31 heavy (non-hydrogen) atoms. The van der Waals surface area contributed by atoms with Crippen LogP contribution in [-0.4, -0.2) is 15.6 Å². The molecular weight excluding hydrogens is 391 g/mol. The topological polar surface area (TPSA) is 48.0 Å². The van der Waals surface area contributed by atoms with Crippen LogP contribution in [0.3, 0.4) is 0 Å². The van der Waals surface area contributed by atoms with Crippen molar-refractivity contribution in [2.75, 3.05) is 0 Å². The van der Waals surface area contributed by atoms with Crippen molar-refractivity contribution >= 4 is 22.8 Å². The summed E-state index contributed by atoms with van der Waals surface area (Å²) < 4.78 is 20.9. The van der Waals surface area contributed by atoms with Crippen LogP contribution in [0.15, 0.2) is 102 Å². The molecule has 2 heterocycles. The van der Waals surface area contributed by atoms with E-state index >= 15 is 0 Å². The van der Waals surface area contributed by atoms with Gasteiger partial charge in [0.05, 0.1) is 5.69 Å². The molecular formula is C26H17FN2O2. The fourth-order valence-corrected chi connectivity index (χ4v) is 3.39. The first kappa shape index (κ1) is 18.8. The zero-order valence-corrected chi connectivity index (χ0v) is 16.4. The van der Waals surface area contributed by atoms with E-state index in [1.54, 1.807) is 10.8 Å². The SMILES string of the molecule is O=C(/C=C/c1cn(-c2ccccc2)nc1-c1cc2ccccc2o1)c1ccc(F)cc1. The minimum Gasteiger partial charge on any atom is -0.454 e. The van der Waals surface area contributed by atoms with Crippen LogP contribution >= 0.6 is 0 Å². The van der Waals surface area contributed by atoms with E-state index in [4.69, 9.17) is 9.52 Å². The van der Waals surface area contributed by atoms with Crippen molar-refractivity contribution in [3.05, 3.63) is 114 Å². The van der Waals surface area contributed by atoms with Crippen molar-refractivity contribution in [1.29, 1.82) is 0 Å². The second-order valence-electron chi connectivity index (χ2n) is 7.07. The van der Waals surface area contributed by atoms with Crippen LogP contribution in [0.1, 0.15) is 15.9 Å². The third-order valence-electron chi connectivity index (χ3n) is 4.97. The largest absolute Gasteiger partial charge is 0.454 e. The Morgan fingerprint density at radius 3 is 2.45 bits per heavy atom. The van der Waals surface area contributed by atoms with Crippen LogP contribution in [0.25, 0.3) is 34.2 Å². The lowest BCUT2D eigenvalue weighted by Gasteiger charge is -1.98. The molecule has 0 atom stereocenters. The van der Waals surface area contributed by atoms with Gasteiger partial charge in [0.15, 0.2) is 11.5 Å². The number of ketones is 1. The van der Waals surface area contributed by atoms with Crippen molar-refractivity contribution in [1.82, 2.24) is 9.78 Å². The van der Waals surface area contributed by atoms with Crippen molar-refractivity contribution in [3.63, 3.8) is 0 Å². The number of carbonyl (C=O) groups is 1.